The van der Waals surface area contributed by atoms with Crippen LogP contribution in [0.4, 0.5) is 0 Å². The zero-order chi connectivity index (χ0) is 24.5. The van der Waals surface area contributed by atoms with Crippen LogP contribution < -0.4 is 10.1 Å². The van der Waals surface area contributed by atoms with Gasteiger partial charge < -0.3 is 24.4 Å². The molecule has 0 bridgehead atoms. The number of nitrogens with one attached hydrogen (secondary N) is 1. The highest BCUT2D eigenvalue weighted by molar-refractivity contribution is 6.02. The summed E-state index contributed by atoms with van der Waals surface area (Å²) in [4.78, 5) is 29.5. The lowest BCUT2D eigenvalue weighted by Gasteiger charge is -2.22. The summed E-state index contributed by atoms with van der Waals surface area (Å²) in [5, 5.41) is 7.33. The molecule has 186 valence electrons. The SMILES string of the molecule is COC(=O)c1cccc(CON=C2CCCc3cc(OCC(=O)NCC4CCOCC4)ccc32)c1. The topological polar surface area (TPSA) is 95.5 Å². The molecule has 1 saturated heterocycles. The third kappa shape index (κ3) is 7.05. The van der Waals surface area contributed by atoms with Gasteiger partial charge in [-0.25, -0.2) is 4.79 Å². The van der Waals surface area contributed by atoms with Gasteiger partial charge in [0, 0.05) is 25.3 Å². The summed E-state index contributed by atoms with van der Waals surface area (Å²) in [6.07, 6.45) is 4.67. The van der Waals surface area contributed by atoms with E-state index >= 15 is 0 Å². The minimum absolute atomic E-state index is 0.00327. The van der Waals surface area contributed by atoms with Crippen LogP contribution in [0.1, 0.15) is 52.7 Å². The lowest BCUT2D eigenvalue weighted by atomic mass is 9.90. The van der Waals surface area contributed by atoms with Crippen molar-refractivity contribution in [2.75, 3.05) is 33.5 Å². The molecule has 0 unspecified atom stereocenters. The van der Waals surface area contributed by atoms with Crippen LogP contribution in [0.5, 0.6) is 5.75 Å². The van der Waals surface area contributed by atoms with E-state index in [-0.39, 0.29) is 25.1 Å². The van der Waals surface area contributed by atoms with E-state index in [1.807, 2.05) is 24.3 Å². The molecule has 35 heavy (non-hydrogen) atoms. The molecule has 0 radical (unpaired) electrons. The van der Waals surface area contributed by atoms with Crippen LogP contribution in [0.3, 0.4) is 0 Å². The molecule has 0 saturated carbocycles. The molecule has 0 spiro atoms. The van der Waals surface area contributed by atoms with Crippen molar-refractivity contribution in [1.82, 2.24) is 5.32 Å². The van der Waals surface area contributed by atoms with Crippen molar-refractivity contribution >= 4 is 17.6 Å². The molecular weight excluding hydrogens is 448 g/mol. The summed E-state index contributed by atoms with van der Waals surface area (Å²) in [7, 11) is 1.36. The summed E-state index contributed by atoms with van der Waals surface area (Å²) in [6, 6.07) is 12.9. The van der Waals surface area contributed by atoms with Crippen molar-refractivity contribution in [3.8, 4) is 5.75 Å². The molecule has 0 aromatic heterocycles. The van der Waals surface area contributed by atoms with Gasteiger partial charge in [-0.2, -0.15) is 0 Å². The van der Waals surface area contributed by atoms with E-state index in [2.05, 4.69) is 10.5 Å². The van der Waals surface area contributed by atoms with Gasteiger partial charge in [-0.05, 0) is 79.5 Å². The molecule has 1 fully saturated rings. The molecule has 4 rings (SSSR count). The molecule has 1 aliphatic heterocycles. The van der Waals surface area contributed by atoms with E-state index in [1.165, 1.54) is 7.11 Å². The third-order valence-electron chi connectivity index (χ3n) is 6.30. The van der Waals surface area contributed by atoms with Gasteiger partial charge in [0.25, 0.3) is 5.91 Å². The average Bonchev–Trinajstić information content (AvgIpc) is 2.91. The van der Waals surface area contributed by atoms with Gasteiger partial charge in [-0.1, -0.05) is 17.3 Å². The normalized spacial score (nSPS) is 16.9. The monoisotopic (exact) mass is 480 g/mol. The molecular formula is C27H32N2O6. The second-order valence-corrected chi connectivity index (χ2v) is 8.82. The van der Waals surface area contributed by atoms with Crippen molar-refractivity contribution in [2.24, 2.45) is 11.1 Å². The number of hydrogen-bond donors (Lipinski definition) is 1. The molecule has 1 heterocycles. The Morgan fingerprint density at radius 2 is 1.97 bits per heavy atom. The van der Waals surface area contributed by atoms with Crippen LogP contribution in [0.15, 0.2) is 47.6 Å². The van der Waals surface area contributed by atoms with Crippen LogP contribution in [0, 0.1) is 5.92 Å². The first kappa shape index (κ1) is 24.7. The van der Waals surface area contributed by atoms with E-state index in [9.17, 15) is 9.59 Å². The molecule has 1 N–H and O–H groups in total. The fraction of sp³-hybridized carbons (Fsp3) is 0.444. The van der Waals surface area contributed by atoms with E-state index in [0.717, 1.165) is 67.7 Å². The van der Waals surface area contributed by atoms with Crippen molar-refractivity contribution < 1.29 is 28.6 Å². The molecule has 1 amide bonds. The van der Waals surface area contributed by atoms with Crippen LogP contribution in [-0.4, -0.2) is 51.1 Å². The van der Waals surface area contributed by atoms with Crippen LogP contribution in [0.25, 0.3) is 0 Å². The third-order valence-corrected chi connectivity index (χ3v) is 6.30. The Bertz CT molecular complexity index is 1060. The fourth-order valence-corrected chi connectivity index (χ4v) is 4.32. The number of fused-ring (bicyclic) bond motifs is 1. The predicted octanol–water partition coefficient (Wildman–Crippen LogP) is 3.65. The van der Waals surface area contributed by atoms with Crippen LogP contribution in [-0.2, 0) is 32.1 Å². The predicted molar refractivity (Wildman–Crippen MR) is 131 cm³/mol. The maximum Gasteiger partial charge on any atom is 0.337 e. The first-order valence-electron chi connectivity index (χ1n) is 12.1. The molecule has 2 aromatic rings. The molecule has 0 atom stereocenters. The lowest BCUT2D eigenvalue weighted by Crippen LogP contribution is -2.35. The second-order valence-electron chi connectivity index (χ2n) is 8.82. The Hall–Kier alpha value is -3.39. The number of carbonyl (C=O) groups is 2. The Kier molecular flexibility index (Phi) is 8.73. The van der Waals surface area contributed by atoms with E-state index in [0.29, 0.717) is 23.8 Å². The lowest BCUT2D eigenvalue weighted by molar-refractivity contribution is -0.123. The second kappa shape index (κ2) is 12.4. The van der Waals surface area contributed by atoms with Gasteiger partial charge in [0.2, 0.25) is 0 Å². The number of aryl methyl sites for hydroxylation is 1. The molecule has 2 aliphatic rings. The van der Waals surface area contributed by atoms with E-state index in [1.54, 1.807) is 18.2 Å². The van der Waals surface area contributed by atoms with Crippen LogP contribution >= 0.6 is 0 Å². The number of rotatable bonds is 9. The number of ether oxygens (including phenoxy) is 3. The molecule has 8 nitrogen and oxygen atoms in total. The minimum Gasteiger partial charge on any atom is -0.484 e. The quantitative estimate of drug-likeness (QED) is 0.435. The number of hydrogen-bond acceptors (Lipinski definition) is 7. The highest BCUT2D eigenvalue weighted by Crippen LogP contribution is 2.26. The van der Waals surface area contributed by atoms with Gasteiger partial charge in [-0.15, -0.1) is 0 Å². The summed E-state index contributed by atoms with van der Waals surface area (Å²) < 4.78 is 15.9. The smallest absolute Gasteiger partial charge is 0.337 e. The van der Waals surface area contributed by atoms with Gasteiger partial charge >= 0.3 is 5.97 Å². The zero-order valence-electron chi connectivity index (χ0n) is 20.1. The molecule has 8 heteroatoms. The number of oxime groups is 1. The average molecular weight is 481 g/mol. The molecule has 2 aromatic carbocycles. The summed E-state index contributed by atoms with van der Waals surface area (Å²) in [5.41, 5.74) is 4.37. The number of nitrogens with zero attached hydrogens (tertiary/aromatic N) is 1. The summed E-state index contributed by atoms with van der Waals surface area (Å²) >= 11 is 0. The minimum atomic E-state index is -0.380. The fourth-order valence-electron chi connectivity index (χ4n) is 4.32. The number of esters is 1. The maximum atomic E-state index is 12.2. The number of methoxy groups -OCH3 is 1. The van der Waals surface area contributed by atoms with E-state index < -0.39 is 0 Å². The Morgan fingerprint density at radius 3 is 2.80 bits per heavy atom. The zero-order valence-corrected chi connectivity index (χ0v) is 20.1. The first-order valence-corrected chi connectivity index (χ1v) is 12.1. The van der Waals surface area contributed by atoms with Crippen molar-refractivity contribution in [2.45, 2.75) is 38.7 Å². The maximum absolute atomic E-state index is 12.2. The highest BCUT2D eigenvalue weighted by Gasteiger charge is 2.18. The van der Waals surface area contributed by atoms with Crippen LogP contribution in [0.2, 0.25) is 0 Å². The molecule has 1 aliphatic carbocycles. The standard InChI is InChI=1S/C27H32N2O6/c1-32-27(31)22-6-2-4-20(14-22)17-35-29-25-7-3-5-21-15-23(8-9-24(21)25)34-18-26(30)28-16-19-10-12-33-13-11-19/h2,4,6,8-9,14-15,19H,3,5,7,10-13,16-18H2,1H3,(H,28,30). The van der Waals surface area contributed by atoms with E-state index in [4.69, 9.17) is 19.0 Å². The van der Waals surface area contributed by atoms with Crippen molar-refractivity contribution in [3.63, 3.8) is 0 Å². The number of benzene rings is 2. The van der Waals surface area contributed by atoms with Crippen molar-refractivity contribution in [1.29, 1.82) is 0 Å². The van der Waals surface area contributed by atoms with Gasteiger partial charge in [0.05, 0.1) is 18.4 Å². The summed E-state index contributed by atoms with van der Waals surface area (Å²) in [5.74, 6) is 0.662. The Morgan fingerprint density at radius 1 is 1.11 bits per heavy atom. The highest BCUT2D eigenvalue weighted by atomic mass is 16.6. The van der Waals surface area contributed by atoms with Gasteiger partial charge in [0.15, 0.2) is 6.61 Å². The Labute approximate surface area is 205 Å². The van der Waals surface area contributed by atoms with Gasteiger partial charge in [-0.3, -0.25) is 4.79 Å². The number of carbonyl (C=O) groups excluding carboxylic acids is 2. The van der Waals surface area contributed by atoms with Crippen molar-refractivity contribution in [3.05, 3.63) is 64.7 Å². The first-order chi connectivity index (χ1) is 17.1. The number of amides is 1. The van der Waals surface area contributed by atoms with Gasteiger partial charge in [0.1, 0.15) is 12.4 Å². The summed E-state index contributed by atoms with van der Waals surface area (Å²) in [6.45, 7) is 2.46. The largest absolute Gasteiger partial charge is 0.484 e. The Balaban J connectivity index is 1.29.